The molecule has 0 heterocycles. The highest BCUT2D eigenvalue weighted by atomic mass is 16.5. The Morgan fingerprint density at radius 3 is 2.28 bits per heavy atom. The molecule has 2 aromatic carbocycles. The van der Waals surface area contributed by atoms with Crippen LogP contribution in [-0.4, -0.2) is 38.0 Å². The summed E-state index contributed by atoms with van der Waals surface area (Å²) in [6, 6.07) is 16.1. The summed E-state index contributed by atoms with van der Waals surface area (Å²) in [5.41, 5.74) is 5.89. The number of nitrogens with one attached hydrogen (secondary N) is 3. The van der Waals surface area contributed by atoms with Gasteiger partial charge in [-0.25, -0.2) is 0 Å². The maximum Gasteiger partial charge on any atom is 0.273 e. The zero-order chi connectivity index (χ0) is 20.9. The van der Waals surface area contributed by atoms with Gasteiger partial charge in [0.15, 0.2) is 0 Å². The van der Waals surface area contributed by atoms with Crippen LogP contribution in [0.1, 0.15) is 28.8 Å². The standard InChI is InChI=1S/C21H25N3O5/c1-28-13-14-29-18-10-6-5-9-17(18)21(27)24-23-20(26)12-11-19(25)22-15-16-7-3-2-4-8-16/h2-10H,11-15H2,1H3,(H,22,25)(H,23,26)(H,24,27). The first-order chi connectivity index (χ1) is 14.1. The summed E-state index contributed by atoms with van der Waals surface area (Å²) in [6.07, 6.45) is -0.0296. The van der Waals surface area contributed by atoms with E-state index in [1.807, 2.05) is 30.3 Å². The fourth-order valence-corrected chi connectivity index (χ4v) is 2.38. The van der Waals surface area contributed by atoms with Gasteiger partial charge < -0.3 is 14.8 Å². The van der Waals surface area contributed by atoms with Gasteiger partial charge in [-0.1, -0.05) is 42.5 Å². The van der Waals surface area contributed by atoms with Crippen LogP contribution in [0.15, 0.2) is 54.6 Å². The van der Waals surface area contributed by atoms with Crippen LogP contribution >= 0.6 is 0 Å². The van der Waals surface area contributed by atoms with Gasteiger partial charge in [0.2, 0.25) is 11.8 Å². The van der Waals surface area contributed by atoms with E-state index in [9.17, 15) is 14.4 Å². The van der Waals surface area contributed by atoms with E-state index in [1.54, 1.807) is 31.4 Å². The minimum atomic E-state index is -0.514. The van der Waals surface area contributed by atoms with Crippen LogP contribution in [-0.2, 0) is 20.9 Å². The van der Waals surface area contributed by atoms with Crippen LogP contribution in [0.25, 0.3) is 0 Å². The number of benzene rings is 2. The Labute approximate surface area is 169 Å². The predicted octanol–water partition coefficient (Wildman–Crippen LogP) is 1.57. The first-order valence-electron chi connectivity index (χ1n) is 9.20. The molecule has 2 rings (SSSR count). The van der Waals surface area contributed by atoms with Crippen molar-refractivity contribution in [1.82, 2.24) is 16.2 Å². The molecule has 0 aliphatic carbocycles. The number of ether oxygens (including phenoxy) is 2. The molecule has 0 aromatic heterocycles. The van der Waals surface area contributed by atoms with E-state index in [2.05, 4.69) is 16.2 Å². The molecule has 0 unspecified atom stereocenters. The highest BCUT2D eigenvalue weighted by Crippen LogP contribution is 2.17. The Morgan fingerprint density at radius 2 is 1.52 bits per heavy atom. The third-order valence-electron chi connectivity index (χ3n) is 3.90. The number of hydrogen-bond donors (Lipinski definition) is 3. The Bertz CT molecular complexity index is 811. The number of carbonyl (C=O) groups excluding carboxylic acids is 3. The number of para-hydroxylation sites is 1. The molecule has 29 heavy (non-hydrogen) atoms. The van der Waals surface area contributed by atoms with Crippen molar-refractivity contribution in [1.29, 1.82) is 0 Å². The number of methoxy groups -OCH3 is 1. The lowest BCUT2D eigenvalue weighted by Crippen LogP contribution is -2.42. The number of hydrogen-bond acceptors (Lipinski definition) is 5. The molecule has 0 fully saturated rings. The highest BCUT2D eigenvalue weighted by Gasteiger charge is 2.13. The minimum Gasteiger partial charge on any atom is -0.490 e. The molecular weight excluding hydrogens is 374 g/mol. The second-order valence-electron chi connectivity index (χ2n) is 6.10. The van der Waals surface area contributed by atoms with Gasteiger partial charge in [0.25, 0.3) is 5.91 Å². The zero-order valence-electron chi connectivity index (χ0n) is 16.3. The van der Waals surface area contributed by atoms with E-state index in [4.69, 9.17) is 9.47 Å². The molecule has 8 heteroatoms. The molecule has 3 N–H and O–H groups in total. The Balaban J connectivity index is 1.72. The summed E-state index contributed by atoms with van der Waals surface area (Å²) < 4.78 is 10.4. The molecule has 0 saturated heterocycles. The van der Waals surface area contributed by atoms with Gasteiger partial charge in [-0.2, -0.15) is 0 Å². The van der Waals surface area contributed by atoms with Gasteiger partial charge in [0.1, 0.15) is 12.4 Å². The van der Waals surface area contributed by atoms with Crippen LogP contribution in [0, 0.1) is 0 Å². The fraction of sp³-hybridized carbons (Fsp3) is 0.286. The molecule has 154 valence electrons. The van der Waals surface area contributed by atoms with Gasteiger partial charge in [0.05, 0.1) is 12.2 Å². The molecular formula is C21H25N3O5. The molecule has 0 spiro atoms. The number of rotatable bonds is 10. The molecule has 8 nitrogen and oxygen atoms in total. The van der Waals surface area contributed by atoms with Crippen LogP contribution < -0.4 is 20.9 Å². The second-order valence-corrected chi connectivity index (χ2v) is 6.10. The largest absolute Gasteiger partial charge is 0.490 e. The predicted molar refractivity (Wildman–Crippen MR) is 107 cm³/mol. The summed E-state index contributed by atoms with van der Waals surface area (Å²) in [7, 11) is 1.56. The minimum absolute atomic E-state index is 0.0191. The lowest BCUT2D eigenvalue weighted by molar-refractivity contribution is -0.126. The maximum absolute atomic E-state index is 12.3. The lowest BCUT2D eigenvalue weighted by atomic mass is 10.2. The highest BCUT2D eigenvalue weighted by molar-refractivity contribution is 5.98. The molecule has 0 saturated carbocycles. The summed E-state index contributed by atoms with van der Waals surface area (Å²) in [5, 5.41) is 2.74. The van der Waals surface area contributed by atoms with E-state index in [-0.39, 0.29) is 24.3 Å². The molecule has 0 bridgehead atoms. The van der Waals surface area contributed by atoms with E-state index in [1.165, 1.54) is 0 Å². The topological polar surface area (TPSA) is 106 Å². The molecule has 0 aliphatic heterocycles. The van der Waals surface area contributed by atoms with E-state index >= 15 is 0 Å². The Morgan fingerprint density at radius 1 is 0.828 bits per heavy atom. The monoisotopic (exact) mass is 399 g/mol. The molecule has 0 radical (unpaired) electrons. The number of hydrazine groups is 1. The van der Waals surface area contributed by atoms with Gasteiger partial charge in [-0.05, 0) is 17.7 Å². The van der Waals surface area contributed by atoms with Crippen LogP contribution in [0.3, 0.4) is 0 Å². The second kappa shape index (κ2) is 12.1. The summed E-state index contributed by atoms with van der Waals surface area (Å²) in [5.74, 6) is -0.838. The first kappa shape index (κ1) is 21.9. The van der Waals surface area contributed by atoms with Crippen molar-refractivity contribution in [2.24, 2.45) is 0 Å². The van der Waals surface area contributed by atoms with Gasteiger partial charge in [-0.3, -0.25) is 25.2 Å². The number of carbonyl (C=O) groups is 3. The van der Waals surface area contributed by atoms with Crippen molar-refractivity contribution in [3.63, 3.8) is 0 Å². The normalized spacial score (nSPS) is 10.1. The van der Waals surface area contributed by atoms with Crippen LogP contribution in [0.4, 0.5) is 0 Å². The SMILES string of the molecule is COCCOc1ccccc1C(=O)NNC(=O)CCC(=O)NCc1ccccc1. The van der Waals surface area contributed by atoms with Crippen molar-refractivity contribution in [2.75, 3.05) is 20.3 Å². The van der Waals surface area contributed by atoms with Crippen molar-refractivity contribution < 1.29 is 23.9 Å². The maximum atomic E-state index is 12.3. The van der Waals surface area contributed by atoms with Gasteiger partial charge in [0, 0.05) is 26.5 Å². The van der Waals surface area contributed by atoms with E-state index in [0.717, 1.165) is 5.56 Å². The van der Waals surface area contributed by atoms with Crippen molar-refractivity contribution in [2.45, 2.75) is 19.4 Å². The van der Waals surface area contributed by atoms with Gasteiger partial charge >= 0.3 is 0 Å². The summed E-state index contributed by atoms with van der Waals surface area (Å²) in [6.45, 7) is 1.09. The first-order valence-corrected chi connectivity index (χ1v) is 9.20. The summed E-state index contributed by atoms with van der Waals surface area (Å²) >= 11 is 0. The third kappa shape index (κ3) is 8.02. The van der Waals surface area contributed by atoms with Crippen molar-refractivity contribution in [3.8, 4) is 5.75 Å². The van der Waals surface area contributed by atoms with Crippen LogP contribution in [0.5, 0.6) is 5.75 Å². The van der Waals surface area contributed by atoms with Crippen LogP contribution in [0.2, 0.25) is 0 Å². The van der Waals surface area contributed by atoms with Gasteiger partial charge in [-0.15, -0.1) is 0 Å². The third-order valence-corrected chi connectivity index (χ3v) is 3.90. The summed E-state index contributed by atoms with van der Waals surface area (Å²) in [4.78, 5) is 36.0. The Hall–Kier alpha value is -3.39. The molecule has 0 atom stereocenters. The van der Waals surface area contributed by atoms with Crippen molar-refractivity contribution in [3.05, 3.63) is 65.7 Å². The van der Waals surface area contributed by atoms with E-state index < -0.39 is 11.8 Å². The van der Waals surface area contributed by atoms with E-state index in [0.29, 0.717) is 25.5 Å². The Kier molecular flexibility index (Phi) is 9.17. The fourth-order valence-electron chi connectivity index (χ4n) is 2.38. The quantitative estimate of drug-likeness (QED) is 0.415. The number of amides is 3. The average Bonchev–Trinajstić information content (AvgIpc) is 2.75. The smallest absolute Gasteiger partial charge is 0.273 e. The average molecular weight is 399 g/mol. The zero-order valence-corrected chi connectivity index (χ0v) is 16.3. The lowest BCUT2D eigenvalue weighted by Gasteiger charge is -2.12. The van der Waals surface area contributed by atoms with Crippen molar-refractivity contribution >= 4 is 17.7 Å². The molecule has 0 aliphatic rings. The molecule has 2 aromatic rings. The molecule has 3 amide bonds.